The lowest BCUT2D eigenvalue weighted by Gasteiger charge is -2.16. The Hall–Kier alpha value is -2.11. The van der Waals surface area contributed by atoms with E-state index in [9.17, 15) is 18.3 Å². The van der Waals surface area contributed by atoms with Crippen LogP contribution in [-0.2, 0) is 0 Å². The quantitative estimate of drug-likeness (QED) is 0.801. The normalized spacial score (nSPS) is 12.7. The first-order valence-electron chi connectivity index (χ1n) is 6.82. The van der Waals surface area contributed by atoms with Crippen LogP contribution in [0.15, 0.2) is 48.5 Å². The number of hydrogen-bond acceptors (Lipinski definition) is 2. The zero-order valence-corrected chi connectivity index (χ0v) is 11.8. The van der Waals surface area contributed by atoms with Gasteiger partial charge in [0.25, 0.3) is 0 Å². The van der Waals surface area contributed by atoms with Crippen LogP contribution in [0.4, 0.5) is 13.2 Å². The van der Waals surface area contributed by atoms with Crippen LogP contribution in [0, 0.1) is 17.5 Å². The van der Waals surface area contributed by atoms with E-state index in [0.717, 1.165) is 17.7 Å². The van der Waals surface area contributed by atoms with Crippen molar-refractivity contribution in [1.29, 1.82) is 0 Å². The van der Waals surface area contributed by atoms with Gasteiger partial charge in [-0.25, -0.2) is 13.2 Å². The summed E-state index contributed by atoms with van der Waals surface area (Å²) in [4.78, 5) is 0. The Morgan fingerprint density at radius 3 is 2.27 bits per heavy atom. The summed E-state index contributed by atoms with van der Waals surface area (Å²) in [6.07, 6.45) is 3.71. The van der Waals surface area contributed by atoms with E-state index in [2.05, 4.69) is 5.32 Å². The minimum absolute atomic E-state index is 0.159. The van der Waals surface area contributed by atoms with Gasteiger partial charge in [-0.1, -0.05) is 42.5 Å². The maximum Gasteiger partial charge on any atom is 0.194 e. The zero-order valence-electron chi connectivity index (χ0n) is 11.8. The lowest BCUT2D eigenvalue weighted by molar-refractivity contribution is 0.247. The van der Waals surface area contributed by atoms with Gasteiger partial charge in [0.15, 0.2) is 17.5 Å². The summed E-state index contributed by atoms with van der Waals surface area (Å²) in [6, 6.07) is 10.7. The minimum atomic E-state index is -1.51. The molecule has 0 bridgehead atoms. The molecule has 2 rings (SSSR count). The van der Waals surface area contributed by atoms with Gasteiger partial charge < -0.3 is 10.4 Å². The van der Waals surface area contributed by atoms with Crippen LogP contribution in [0.25, 0.3) is 6.08 Å². The third-order valence-corrected chi connectivity index (χ3v) is 3.18. The van der Waals surface area contributed by atoms with Gasteiger partial charge in [-0.2, -0.15) is 0 Å². The van der Waals surface area contributed by atoms with Gasteiger partial charge in [0, 0.05) is 6.54 Å². The molecule has 0 radical (unpaired) electrons. The third kappa shape index (κ3) is 4.19. The number of halogens is 3. The van der Waals surface area contributed by atoms with E-state index in [1.165, 1.54) is 0 Å². The number of aliphatic hydroxyl groups excluding tert-OH is 1. The molecule has 0 heterocycles. The molecule has 2 N–H and O–H groups in total. The van der Waals surface area contributed by atoms with Crippen molar-refractivity contribution in [1.82, 2.24) is 5.32 Å². The molecular weight excluding hydrogens is 291 g/mol. The number of aliphatic hydroxyl groups is 1. The number of benzene rings is 2. The van der Waals surface area contributed by atoms with Crippen LogP contribution >= 0.6 is 0 Å². The molecule has 0 saturated carbocycles. The lowest BCUT2D eigenvalue weighted by Crippen LogP contribution is -2.25. The zero-order chi connectivity index (χ0) is 15.9. The standard InChI is InChI=1S/C17H16F3NO/c18-14-9-13(10-15(19)17(14)20)16(11-22)21-8-4-7-12-5-2-1-3-6-12/h1-7,9-10,16,21-22H,8,11H2/b7-4+. The van der Waals surface area contributed by atoms with Crippen LogP contribution in [0.2, 0.25) is 0 Å². The highest BCUT2D eigenvalue weighted by molar-refractivity contribution is 5.48. The van der Waals surface area contributed by atoms with Crippen molar-refractivity contribution < 1.29 is 18.3 Å². The average Bonchev–Trinajstić information content (AvgIpc) is 2.53. The fraction of sp³-hybridized carbons (Fsp3) is 0.176. The highest BCUT2D eigenvalue weighted by Crippen LogP contribution is 2.19. The molecule has 116 valence electrons. The summed E-state index contributed by atoms with van der Waals surface area (Å²) in [7, 11) is 0. The van der Waals surface area contributed by atoms with Crippen LogP contribution < -0.4 is 5.32 Å². The fourth-order valence-electron chi connectivity index (χ4n) is 2.03. The third-order valence-electron chi connectivity index (χ3n) is 3.18. The summed E-state index contributed by atoms with van der Waals surface area (Å²) in [5.74, 6) is -4.05. The van der Waals surface area contributed by atoms with Crippen molar-refractivity contribution in [3.8, 4) is 0 Å². The topological polar surface area (TPSA) is 32.3 Å². The van der Waals surface area contributed by atoms with Crippen LogP contribution in [0.1, 0.15) is 17.2 Å². The number of hydrogen-bond donors (Lipinski definition) is 2. The summed E-state index contributed by atoms with van der Waals surface area (Å²) in [5, 5.41) is 12.3. The molecule has 2 nitrogen and oxygen atoms in total. The molecule has 0 amide bonds. The van der Waals surface area contributed by atoms with Gasteiger partial charge in [0.1, 0.15) is 0 Å². The SMILES string of the molecule is OCC(NC/C=C/c1ccccc1)c1cc(F)c(F)c(F)c1. The van der Waals surface area contributed by atoms with Crippen molar-refractivity contribution >= 4 is 6.08 Å². The van der Waals surface area contributed by atoms with Gasteiger partial charge in [-0.05, 0) is 23.3 Å². The lowest BCUT2D eigenvalue weighted by atomic mass is 10.1. The molecule has 0 aliphatic heterocycles. The molecule has 0 aromatic heterocycles. The minimum Gasteiger partial charge on any atom is -0.394 e. The number of nitrogens with one attached hydrogen (secondary N) is 1. The van der Waals surface area contributed by atoms with Crippen molar-refractivity contribution in [2.45, 2.75) is 6.04 Å². The average molecular weight is 307 g/mol. The van der Waals surface area contributed by atoms with E-state index < -0.39 is 23.5 Å². The smallest absolute Gasteiger partial charge is 0.194 e. The van der Waals surface area contributed by atoms with E-state index >= 15 is 0 Å². The summed E-state index contributed by atoms with van der Waals surface area (Å²) in [5.41, 5.74) is 1.18. The summed E-state index contributed by atoms with van der Waals surface area (Å²) < 4.78 is 39.3. The maximum atomic E-state index is 13.2. The highest BCUT2D eigenvalue weighted by Gasteiger charge is 2.16. The Balaban J connectivity index is 1.99. The summed E-state index contributed by atoms with van der Waals surface area (Å²) in [6.45, 7) is 0.0322. The van der Waals surface area contributed by atoms with Gasteiger partial charge in [-0.15, -0.1) is 0 Å². The molecule has 22 heavy (non-hydrogen) atoms. The molecular formula is C17H16F3NO. The maximum absolute atomic E-state index is 13.2. The molecule has 0 aliphatic rings. The predicted molar refractivity (Wildman–Crippen MR) is 79.6 cm³/mol. The molecule has 5 heteroatoms. The first kappa shape index (κ1) is 16.3. The molecule has 0 spiro atoms. The van der Waals surface area contributed by atoms with Gasteiger partial charge in [0.2, 0.25) is 0 Å². The van der Waals surface area contributed by atoms with Crippen molar-refractivity contribution in [3.63, 3.8) is 0 Å². The summed E-state index contributed by atoms with van der Waals surface area (Å²) >= 11 is 0. The molecule has 1 atom stereocenters. The van der Waals surface area contributed by atoms with E-state index in [1.54, 1.807) is 0 Å². The van der Waals surface area contributed by atoms with Gasteiger partial charge >= 0.3 is 0 Å². The number of rotatable bonds is 6. The fourth-order valence-corrected chi connectivity index (χ4v) is 2.03. The van der Waals surface area contributed by atoms with Crippen molar-refractivity contribution in [2.75, 3.05) is 13.2 Å². The van der Waals surface area contributed by atoms with E-state index in [4.69, 9.17) is 0 Å². The Morgan fingerprint density at radius 2 is 1.68 bits per heavy atom. The largest absolute Gasteiger partial charge is 0.394 e. The monoisotopic (exact) mass is 307 g/mol. The van der Waals surface area contributed by atoms with Crippen molar-refractivity contribution in [2.24, 2.45) is 0 Å². The van der Waals surface area contributed by atoms with E-state index in [0.29, 0.717) is 6.54 Å². The first-order valence-corrected chi connectivity index (χ1v) is 6.82. The van der Waals surface area contributed by atoms with Crippen LogP contribution in [0.3, 0.4) is 0 Å². The molecule has 0 fully saturated rings. The van der Waals surface area contributed by atoms with Crippen molar-refractivity contribution in [3.05, 3.63) is 77.1 Å². The van der Waals surface area contributed by atoms with Gasteiger partial charge in [0.05, 0.1) is 12.6 Å². The second-order valence-electron chi connectivity index (χ2n) is 4.75. The van der Waals surface area contributed by atoms with Crippen LogP contribution in [0.5, 0.6) is 0 Å². The van der Waals surface area contributed by atoms with E-state index in [-0.39, 0.29) is 12.2 Å². The molecule has 0 saturated heterocycles. The molecule has 0 aliphatic carbocycles. The Bertz CT molecular complexity index is 621. The predicted octanol–water partition coefficient (Wildman–Crippen LogP) is 3.44. The molecule has 2 aromatic rings. The molecule has 1 unspecified atom stereocenters. The van der Waals surface area contributed by atoms with E-state index in [1.807, 2.05) is 42.5 Å². The van der Waals surface area contributed by atoms with Crippen LogP contribution in [-0.4, -0.2) is 18.3 Å². The highest BCUT2D eigenvalue weighted by atomic mass is 19.2. The second kappa shape index (κ2) is 7.77. The Kier molecular flexibility index (Phi) is 5.75. The second-order valence-corrected chi connectivity index (χ2v) is 4.75. The molecule has 2 aromatic carbocycles. The van der Waals surface area contributed by atoms with Gasteiger partial charge in [-0.3, -0.25) is 0 Å². The Morgan fingerprint density at radius 1 is 1.05 bits per heavy atom. The Labute approximate surface area is 126 Å². The first-order chi connectivity index (χ1) is 10.6.